The lowest BCUT2D eigenvalue weighted by molar-refractivity contribution is -0.121. The van der Waals surface area contributed by atoms with Crippen LogP contribution in [0.15, 0.2) is 36.7 Å². The van der Waals surface area contributed by atoms with Crippen LogP contribution in [-0.4, -0.2) is 28.8 Å². The smallest absolute Gasteiger partial charge is 0.220 e. The number of rotatable bonds is 8. The number of carbonyl (C=O) groups is 1. The molecule has 0 unspecified atom stereocenters. The summed E-state index contributed by atoms with van der Waals surface area (Å²) in [6, 6.07) is 8.14. The molecule has 0 saturated heterocycles. The van der Waals surface area contributed by atoms with Gasteiger partial charge in [-0.25, -0.2) is 0 Å². The summed E-state index contributed by atoms with van der Waals surface area (Å²) < 4.78 is 7.05. The van der Waals surface area contributed by atoms with Gasteiger partial charge in [0.2, 0.25) is 5.91 Å². The molecule has 0 fully saturated rings. The normalized spacial score (nSPS) is 12.0. The maximum Gasteiger partial charge on any atom is 0.220 e. The quantitative estimate of drug-likeness (QED) is 0.813. The van der Waals surface area contributed by atoms with Crippen LogP contribution in [0.4, 0.5) is 0 Å². The molecule has 0 aliphatic heterocycles. The van der Waals surface area contributed by atoms with Crippen molar-refractivity contribution in [2.75, 3.05) is 7.11 Å². The lowest BCUT2D eigenvalue weighted by Gasteiger charge is -2.10. The highest BCUT2D eigenvalue weighted by atomic mass is 16.5. The van der Waals surface area contributed by atoms with Crippen LogP contribution in [0, 0.1) is 0 Å². The van der Waals surface area contributed by atoms with Gasteiger partial charge in [0, 0.05) is 30.8 Å². The third kappa shape index (κ3) is 5.13. The van der Waals surface area contributed by atoms with Gasteiger partial charge in [-0.15, -0.1) is 0 Å². The van der Waals surface area contributed by atoms with E-state index in [1.807, 2.05) is 48.3 Å². The molecule has 5 heteroatoms. The molecular weight excluding hydrogens is 290 g/mol. The summed E-state index contributed by atoms with van der Waals surface area (Å²) >= 11 is 0. The molecule has 1 aromatic carbocycles. The summed E-state index contributed by atoms with van der Waals surface area (Å²) in [5, 5.41) is 7.34. The lowest BCUT2D eigenvalue weighted by Crippen LogP contribution is -2.31. The minimum Gasteiger partial charge on any atom is -0.497 e. The average molecular weight is 315 g/mol. The summed E-state index contributed by atoms with van der Waals surface area (Å²) in [5.74, 6) is 0.954. The summed E-state index contributed by atoms with van der Waals surface area (Å²) in [6.07, 6.45) is 6.12. The van der Waals surface area contributed by atoms with Gasteiger partial charge >= 0.3 is 0 Å². The summed E-state index contributed by atoms with van der Waals surface area (Å²) in [6.45, 7) is 4.83. The summed E-state index contributed by atoms with van der Waals surface area (Å²) in [7, 11) is 1.66. The van der Waals surface area contributed by atoms with E-state index in [1.165, 1.54) is 0 Å². The number of nitrogens with zero attached hydrogens (tertiary/aromatic N) is 2. The van der Waals surface area contributed by atoms with Gasteiger partial charge in [0.1, 0.15) is 5.75 Å². The summed E-state index contributed by atoms with van der Waals surface area (Å²) in [4.78, 5) is 11.7. The van der Waals surface area contributed by atoms with E-state index in [0.717, 1.165) is 36.3 Å². The van der Waals surface area contributed by atoms with Crippen molar-refractivity contribution in [1.29, 1.82) is 0 Å². The number of methoxy groups -OCH3 is 1. The fourth-order valence-electron chi connectivity index (χ4n) is 2.27. The van der Waals surface area contributed by atoms with E-state index in [1.54, 1.807) is 7.11 Å². The minimum atomic E-state index is 0.113. The molecule has 2 rings (SSSR count). The van der Waals surface area contributed by atoms with Crippen LogP contribution in [-0.2, 0) is 11.3 Å². The first kappa shape index (κ1) is 17.1. The standard InChI is InChI=1S/C18H25N3O2/c1-4-14(2)20-18(22)6-5-11-21-13-16(12-19-21)15-7-9-17(23-3)10-8-15/h7-10,12-14H,4-6,11H2,1-3H3,(H,20,22)/t14-/m0/s1. The zero-order chi connectivity index (χ0) is 16.7. The van der Waals surface area contributed by atoms with Crippen LogP contribution in [0.5, 0.6) is 5.75 Å². The number of hydrogen-bond acceptors (Lipinski definition) is 3. The molecule has 0 radical (unpaired) electrons. The Morgan fingerprint density at radius 3 is 2.70 bits per heavy atom. The zero-order valence-electron chi connectivity index (χ0n) is 14.1. The van der Waals surface area contributed by atoms with Crippen molar-refractivity contribution in [3.05, 3.63) is 36.7 Å². The van der Waals surface area contributed by atoms with E-state index >= 15 is 0 Å². The van der Waals surface area contributed by atoms with Crippen molar-refractivity contribution in [2.24, 2.45) is 0 Å². The van der Waals surface area contributed by atoms with Crippen LogP contribution in [0.2, 0.25) is 0 Å². The monoisotopic (exact) mass is 315 g/mol. The lowest BCUT2D eigenvalue weighted by atomic mass is 10.1. The fourth-order valence-corrected chi connectivity index (χ4v) is 2.27. The van der Waals surface area contributed by atoms with Crippen LogP contribution in [0.25, 0.3) is 11.1 Å². The van der Waals surface area contributed by atoms with Crippen LogP contribution in [0.1, 0.15) is 33.1 Å². The zero-order valence-corrected chi connectivity index (χ0v) is 14.1. The van der Waals surface area contributed by atoms with Gasteiger partial charge in [-0.2, -0.15) is 5.10 Å². The minimum absolute atomic E-state index is 0.113. The highest BCUT2D eigenvalue weighted by Crippen LogP contribution is 2.21. The predicted octanol–water partition coefficient (Wildman–Crippen LogP) is 3.25. The second-order valence-corrected chi connectivity index (χ2v) is 5.70. The van der Waals surface area contributed by atoms with Gasteiger partial charge in [0.25, 0.3) is 0 Å². The molecule has 1 heterocycles. The second kappa shape index (κ2) is 8.36. The molecule has 0 bridgehead atoms. The van der Waals surface area contributed by atoms with Crippen LogP contribution < -0.4 is 10.1 Å². The molecule has 0 aliphatic carbocycles. The third-order valence-electron chi connectivity index (χ3n) is 3.87. The van der Waals surface area contributed by atoms with Crippen LogP contribution >= 0.6 is 0 Å². The van der Waals surface area contributed by atoms with E-state index in [4.69, 9.17) is 4.74 Å². The number of carbonyl (C=O) groups excluding carboxylic acids is 1. The first-order chi connectivity index (χ1) is 11.1. The number of aryl methyl sites for hydroxylation is 1. The van der Waals surface area contributed by atoms with Gasteiger partial charge in [-0.1, -0.05) is 19.1 Å². The average Bonchev–Trinajstić information content (AvgIpc) is 3.03. The number of benzene rings is 1. The molecule has 23 heavy (non-hydrogen) atoms. The van der Waals surface area contributed by atoms with Crippen LogP contribution in [0.3, 0.4) is 0 Å². The maximum absolute atomic E-state index is 11.7. The topological polar surface area (TPSA) is 56.2 Å². The molecule has 1 amide bonds. The van der Waals surface area contributed by atoms with Gasteiger partial charge in [-0.05, 0) is 37.5 Å². The Balaban J connectivity index is 1.83. The molecule has 1 aromatic heterocycles. The van der Waals surface area contributed by atoms with E-state index in [2.05, 4.69) is 17.3 Å². The second-order valence-electron chi connectivity index (χ2n) is 5.70. The molecule has 0 saturated carbocycles. The molecule has 5 nitrogen and oxygen atoms in total. The molecule has 1 atom stereocenters. The first-order valence-electron chi connectivity index (χ1n) is 8.08. The molecule has 1 N–H and O–H groups in total. The van der Waals surface area contributed by atoms with Crippen molar-refractivity contribution in [1.82, 2.24) is 15.1 Å². The Morgan fingerprint density at radius 2 is 2.04 bits per heavy atom. The number of amides is 1. The van der Waals surface area contributed by atoms with Gasteiger partial charge in [-0.3, -0.25) is 9.48 Å². The van der Waals surface area contributed by atoms with E-state index in [0.29, 0.717) is 6.42 Å². The predicted molar refractivity (Wildman–Crippen MR) is 91.3 cm³/mol. The van der Waals surface area contributed by atoms with Gasteiger partial charge < -0.3 is 10.1 Å². The first-order valence-corrected chi connectivity index (χ1v) is 8.08. The van der Waals surface area contributed by atoms with E-state index < -0.39 is 0 Å². The molecule has 0 aliphatic rings. The van der Waals surface area contributed by atoms with Gasteiger partial charge in [0.05, 0.1) is 13.3 Å². The molecule has 0 spiro atoms. The Kier molecular flexibility index (Phi) is 6.20. The van der Waals surface area contributed by atoms with Crippen molar-refractivity contribution in [2.45, 2.75) is 45.7 Å². The number of hydrogen-bond donors (Lipinski definition) is 1. The van der Waals surface area contributed by atoms with E-state index in [9.17, 15) is 4.79 Å². The number of aromatic nitrogens is 2. The van der Waals surface area contributed by atoms with E-state index in [-0.39, 0.29) is 11.9 Å². The van der Waals surface area contributed by atoms with Crippen molar-refractivity contribution < 1.29 is 9.53 Å². The maximum atomic E-state index is 11.7. The number of ether oxygens (including phenoxy) is 1. The van der Waals surface area contributed by atoms with Crippen molar-refractivity contribution in [3.8, 4) is 16.9 Å². The molecular formula is C18H25N3O2. The van der Waals surface area contributed by atoms with Crippen molar-refractivity contribution in [3.63, 3.8) is 0 Å². The molecule has 2 aromatic rings. The Morgan fingerprint density at radius 1 is 1.30 bits per heavy atom. The summed E-state index contributed by atoms with van der Waals surface area (Å²) in [5.41, 5.74) is 2.17. The Bertz CT molecular complexity index is 619. The van der Waals surface area contributed by atoms with Crippen molar-refractivity contribution >= 4 is 5.91 Å². The fraction of sp³-hybridized carbons (Fsp3) is 0.444. The number of nitrogens with one attached hydrogen (secondary N) is 1. The highest BCUT2D eigenvalue weighted by Gasteiger charge is 2.06. The third-order valence-corrected chi connectivity index (χ3v) is 3.87. The van der Waals surface area contributed by atoms with Gasteiger partial charge in [0.15, 0.2) is 0 Å². The largest absolute Gasteiger partial charge is 0.497 e. The Hall–Kier alpha value is -2.30. The Labute approximate surface area is 137 Å². The SMILES string of the molecule is CC[C@H](C)NC(=O)CCCn1cc(-c2ccc(OC)cc2)cn1. The highest BCUT2D eigenvalue weighted by molar-refractivity contribution is 5.76. The molecule has 124 valence electrons.